The maximum absolute atomic E-state index is 2.44. The summed E-state index contributed by atoms with van der Waals surface area (Å²) < 4.78 is 2.65. The number of thiophene rings is 1. The van der Waals surface area contributed by atoms with E-state index in [0.29, 0.717) is 0 Å². The van der Waals surface area contributed by atoms with Crippen LogP contribution in [0.15, 0.2) is 176 Å². The van der Waals surface area contributed by atoms with Gasteiger partial charge in [0.15, 0.2) is 0 Å². The minimum absolute atomic E-state index is 0.0935. The molecule has 51 heavy (non-hydrogen) atoms. The molecule has 0 amide bonds. The molecule has 0 fully saturated rings. The summed E-state index contributed by atoms with van der Waals surface area (Å²) in [4.78, 5) is 2.44. The molecule has 1 aliphatic rings. The average Bonchev–Trinajstić information content (AvgIpc) is 3.66. The predicted molar refractivity (Wildman–Crippen MR) is 220 cm³/mol. The van der Waals surface area contributed by atoms with Crippen LogP contribution in [-0.4, -0.2) is 0 Å². The van der Waals surface area contributed by atoms with E-state index < -0.39 is 0 Å². The normalized spacial score (nSPS) is 13.1. The summed E-state index contributed by atoms with van der Waals surface area (Å²) >= 11 is 1.88. The van der Waals surface area contributed by atoms with Gasteiger partial charge in [-0.05, 0) is 98.2 Å². The van der Waals surface area contributed by atoms with Gasteiger partial charge in [0.1, 0.15) is 0 Å². The number of fused-ring (bicyclic) bond motifs is 7. The summed E-state index contributed by atoms with van der Waals surface area (Å²) in [6, 6.07) is 64.8. The summed E-state index contributed by atoms with van der Waals surface area (Å²) in [6.45, 7) is 4.71. The van der Waals surface area contributed by atoms with E-state index in [1.807, 2.05) is 11.3 Å². The van der Waals surface area contributed by atoms with Gasteiger partial charge in [-0.1, -0.05) is 141 Å². The van der Waals surface area contributed by atoms with E-state index >= 15 is 0 Å². The lowest BCUT2D eigenvalue weighted by atomic mass is 9.82. The van der Waals surface area contributed by atoms with Crippen molar-refractivity contribution in [2.24, 2.45) is 0 Å². The van der Waals surface area contributed by atoms with Crippen LogP contribution in [0, 0.1) is 0 Å². The van der Waals surface area contributed by atoms with Gasteiger partial charge in [-0.3, -0.25) is 0 Å². The molecular weight excluding hydrogens is 635 g/mol. The number of anilines is 3. The number of rotatable bonds is 5. The van der Waals surface area contributed by atoms with Crippen LogP contribution in [0.3, 0.4) is 0 Å². The van der Waals surface area contributed by atoms with Crippen molar-refractivity contribution in [1.82, 2.24) is 0 Å². The number of hydrogen-bond acceptors (Lipinski definition) is 2. The molecule has 0 radical (unpaired) electrons. The molecule has 0 N–H and O–H groups in total. The Hall–Kier alpha value is -5.96. The number of benzene rings is 8. The van der Waals surface area contributed by atoms with Gasteiger partial charge in [-0.15, -0.1) is 11.3 Å². The van der Waals surface area contributed by atoms with Crippen LogP contribution in [0.5, 0.6) is 0 Å². The highest BCUT2D eigenvalue weighted by Crippen LogP contribution is 2.51. The lowest BCUT2D eigenvalue weighted by molar-refractivity contribution is 0.660. The molecule has 10 rings (SSSR count). The van der Waals surface area contributed by atoms with Crippen molar-refractivity contribution in [3.63, 3.8) is 0 Å². The average molecular weight is 670 g/mol. The number of para-hydroxylation sites is 1. The van der Waals surface area contributed by atoms with E-state index in [1.54, 1.807) is 0 Å². The zero-order chi connectivity index (χ0) is 34.1. The van der Waals surface area contributed by atoms with E-state index in [2.05, 4.69) is 195 Å². The molecule has 1 nitrogen and oxygen atoms in total. The molecule has 0 atom stereocenters. The molecular formula is C49H35NS. The van der Waals surface area contributed by atoms with Crippen molar-refractivity contribution in [3.05, 3.63) is 187 Å². The van der Waals surface area contributed by atoms with Gasteiger partial charge in [-0.2, -0.15) is 0 Å². The standard InChI is InChI=1S/C49H35NS/c1-49(2)43-20-10-8-18-40(43)41-28-27-37(31-44(41)49)50(45-21-11-9-17-38(45)32-13-4-3-5-14-32)36-25-23-33(24-26-36)39-19-12-22-46-48(39)42-29-34-15-6-7-16-35(34)30-47(42)51-46/h3-31H,1-2H3. The summed E-state index contributed by atoms with van der Waals surface area (Å²) in [6.07, 6.45) is 0. The van der Waals surface area contributed by atoms with E-state index in [1.165, 1.54) is 75.5 Å². The largest absolute Gasteiger partial charge is 0.310 e. The lowest BCUT2D eigenvalue weighted by Gasteiger charge is -2.30. The fraction of sp³-hybridized carbons (Fsp3) is 0.0612. The quantitative estimate of drug-likeness (QED) is 0.176. The SMILES string of the molecule is CC1(C)c2ccccc2-c2ccc(N(c3ccc(-c4cccc5sc6cc7ccccc7cc6c45)cc3)c3ccccc3-c3ccccc3)cc21. The summed E-state index contributed by atoms with van der Waals surface area (Å²) in [5.74, 6) is 0. The fourth-order valence-corrected chi connectivity index (χ4v) is 9.49. The van der Waals surface area contributed by atoms with Crippen LogP contribution in [-0.2, 0) is 5.41 Å². The first-order valence-electron chi connectivity index (χ1n) is 17.7. The molecule has 1 heterocycles. The second kappa shape index (κ2) is 11.6. The van der Waals surface area contributed by atoms with Gasteiger partial charge >= 0.3 is 0 Å². The first-order valence-corrected chi connectivity index (χ1v) is 18.5. The third kappa shape index (κ3) is 4.75. The molecule has 0 saturated carbocycles. The van der Waals surface area contributed by atoms with Crippen LogP contribution >= 0.6 is 11.3 Å². The van der Waals surface area contributed by atoms with Crippen LogP contribution in [0.2, 0.25) is 0 Å². The highest BCUT2D eigenvalue weighted by Gasteiger charge is 2.35. The Morgan fingerprint density at radius 1 is 0.431 bits per heavy atom. The Morgan fingerprint density at radius 3 is 1.88 bits per heavy atom. The van der Waals surface area contributed by atoms with Crippen molar-refractivity contribution < 1.29 is 0 Å². The Bertz CT molecular complexity index is 2770. The molecule has 2 heteroatoms. The molecule has 0 aliphatic heterocycles. The number of nitrogens with zero attached hydrogens (tertiary/aromatic N) is 1. The summed E-state index contributed by atoms with van der Waals surface area (Å²) in [5, 5.41) is 5.23. The maximum atomic E-state index is 2.44. The minimum atomic E-state index is -0.0935. The molecule has 1 aliphatic carbocycles. The second-order valence-corrected chi connectivity index (χ2v) is 15.2. The molecule has 242 valence electrons. The monoisotopic (exact) mass is 669 g/mol. The van der Waals surface area contributed by atoms with E-state index in [-0.39, 0.29) is 5.41 Å². The van der Waals surface area contributed by atoms with Crippen molar-refractivity contribution >= 4 is 59.3 Å². The maximum Gasteiger partial charge on any atom is 0.0540 e. The third-order valence-electron chi connectivity index (χ3n) is 10.9. The number of hydrogen-bond donors (Lipinski definition) is 0. The van der Waals surface area contributed by atoms with Crippen molar-refractivity contribution in [1.29, 1.82) is 0 Å². The Morgan fingerprint density at radius 2 is 1.06 bits per heavy atom. The molecule has 1 aromatic heterocycles. The smallest absolute Gasteiger partial charge is 0.0540 e. The molecule has 0 bridgehead atoms. The van der Waals surface area contributed by atoms with E-state index in [0.717, 1.165) is 17.1 Å². The van der Waals surface area contributed by atoms with Crippen LogP contribution in [0.25, 0.3) is 64.3 Å². The molecule has 0 unspecified atom stereocenters. The van der Waals surface area contributed by atoms with Crippen LogP contribution < -0.4 is 4.90 Å². The van der Waals surface area contributed by atoms with Gasteiger partial charge < -0.3 is 4.90 Å². The van der Waals surface area contributed by atoms with Crippen LogP contribution in [0.1, 0.15) is 25.0 Å². The molecule has 0 spiro atoms. The minimum Gasteiger partial charge on any atom is -0.310 e. The summed E-state index contributed by atoms with van der Waals surface area (Å²) in [7, 11) is 0. The van der Waals surface area contributed by atoms with Crippen LogP contribution in [0.4, 0.5) is 17.1 Å². The Labute approximate surface area is 302 Å². The van der Waals surface area contributed by atoms with Crippen molar-refractivity contribution in [2.45, 2.75) is 19.3 Å². The Kier molecular flexibility index (Phi) is 6.78. The molecule has 0 saturated heterocycles. The first-order chi connectivity index (χ1) is 25.0. The topological polar surface area (TPSA) is 3.24 Å². The Balaban J connectivity index is 1.14. The van der Waals surface area contributed by atoms with Gasteiger partial charge in [-0.25, -0.2) is 0 Å². The molecule has 8 aromatic carbocycles. The molecule has 9 aromatic rings. The van der Waals surface area contributed by atoms with Gasteiger partial charge in [0.25, 0.3) is 0 Å². The second-order valence-electron chi connectivity index (χ2n) is 14.1. The van der Waals surface area contributed by atoms with E-state index in [4.69, 9.17) is 0 Å². The third-order valence-corrected chi connectivity index (χ3v) is 12.0. The summed E-state index contributed by atoms with van der Waals surface area (Å²) in [5.41, 5.74) is 13.7. The lowest BCUT2D eigenvalue weighted by Crippen LogP contribution is -2.16. The van der Waals surface area contributed by atoms with Crippen molar-refractivity contribution in [3.8, 4) is 33.4 Å². The van der Waals surface area contributed by atoms with Crippen molar-refractivity contribution in [2.75, 3.05) is 4.90 Å². The zero-order valence-electron chi connectivity index (χ0n) is 28.6. The van der Waals surface area contributed by atoms with Gasteiger partial charge in [0, 0.05) is 42.5 Å². The predicted octanol–water partition coefficient (Wildman–Crippen LogP) is 14.3. The van der Waals surface area contributed by atoms with Gasteiger partial charge in [0.2, 0.25) is 0 Å². The fourth-order valence-electron chi connectivity index (χ4n) is 8.33. The van der Waals surface area contributed by atoms with E-state index in [9.17, 15) is 0 Å². The zero-order valence-corrected chi connectivity index (χ0v) is 29.4. The van der Waals surface area contributed by atoms with Gasteiger partial charge in [0.05, 0.1) is 5.69 Å². The first kappa shape index (κ1) is 29.9. The highest BCUT2D eigenvalue weighted by atomic mass is 32.1. The highest BCUT2D eigenvalue weighted by molar-refractivity contribution is 7.26.